The number of carbonyl (C=O) groups is 1. The molecule has 134 valence electrons. The van der Waals surface area contributed by atoms with Crippen LogP contribution in [-0.4, -0.2) is 26.4 Å². The highest BCUT2D eigenvalue weighted by atomic mass is 32.2. The molecule has 0 aliphatic carbocycles. The molecule has 0 saturated carbocycles. The molecule has 0 fully saturated rings. The van der Waals surface area contributed by atoms with Crippen LogP contribution in [0.2, 0.25) is 0 Å². The van der Waals surface area contributed by atoms with Crippen molar-refractivity contribution in [3.8, 4) is 5.69 Å². The van der Waals surface area contributed by atoms with Gasteiger partial charge in [-0.05, 0) is 36.4 Å². The Morgan fingerprint density at radius 3 is 2.42 bits per heavy atom. The number of carbonyl (C=O) groups excluding carboxylic acids is 1. The Labute approximate surface area is 151 Å². The number of hydrogen-bond donors (Lipinski definition) is 1. The van der Waals surface area contributed by atoms with E-state index in [-0.39, 0.29) is 11.7 Å². The van der Waals surface area contributed by atoms with E-state index in [2.05, 4.69) is 15.5 Å². The zero-order valence-corrected chi connectivity index (χ0v) is 14.1. The molecule has 0 saturated heterocycles. The van der Waals surface area contributed by atoms with Crippen molar-refractivity contribution < 1.29 is 18.0 Å². The highest BCUT2D eigenvalue weighted by Gasteiger charge is 2.29. The Hall–Kier alpha value is -2.81. The summed E-state index contributed by atoms with van der Waals surface area (Å²) in [7, 11) is 0. The lowest BCUT2D eigenvalue weighted by atomic mass is 10.2. The molecule has 1 N–H and O–H groups in total. The Balaban J connectivity index is 1.59. The second-order valence-electron chi connectivity index (χ2n) is 5.23. The van der Waals surface area contributed by atoms with Gasteiger partial charge >= 0.3 is 6.18 Å². The van der Waals surface area contributed by atoms with Crippen LogP contribution in [-0.2, 0) is 11.0 Å². The van der Waals surface area contributed by atoms with Gasteiger partial charge in [-0.25, -0.2) is 0 Å². The molecule has 2 aromatic carbocycles. The molecule has 9 heteroatoms. The number of rotatable bonds is 5. The third kappa shape index (κ3) is 4.42. The topological polar surface area (TPSA) is 59.8 Å². The molecule has 5 nitrogen and oxygen atoms in total. The Bertz CT molecular complexity index is 879. The Morgan fingerprint density at radius 1 is 1.08 bits per heavy atom. The molecule has 0 unspecified atom stereocenters. The number of benzene rings is 2. The van der Waals surface area contributed by atoms with Crippen molar-refractivity contribution >= 4 is 23.4 Å². The SMILES string of the molecule is O=C(CSc1nncn1-c1ccccc1)Nc1ccc(C(F)(F)F)cc1. The molecule has 3 aromatic rings. The molecule has 3 rings (SSSR count). The highest BCUT2D eigenvalue weighted by molar-refractivity contribution is 7.99. The smallest absolute Gasteiger partial charge is 0.325 e. The van der Waals surface area contributed by atoms with Crippen molar-refractivity contribution in [2.75, 3.05) is 11.1 Å². The van der Waals surface area contributed by atoms with Crippen molar-refractivity contribution in [1.82, 2.24) is 14.8 Å². The van der Waals surface area contributed by atoms with Crippen LogP contribution in [0.4, 0.5) is 18.9 Å². The molecule has 0 atom stereocenters. The van der Waals surface area contributed by atoms with Gasteiger partial charge in [-0.2, -0.15) is 13.2 Å². The van der Waals surface area contributed by atoms with E-state index in [4.69, 9.17) is 0 Å². The predicted octanol–water partition coefficient (Wildman–Crippen LogP) is 4.02. The largest absolute Gasteiger partial charge is 0.416 e. The number of alkyl halides is 3. The molecule has 1 aromatic heterocycles. The van der Waals surface area contributed by atoms with Gasteiger partial charge in [0.05, 0.1) is 11.3 Å². The number of thioether (sulfide) groups is 1. The number of nitrogens with one attached hydrogen (secondary N) is 1. The third-order valence-electron chi connectivity index (χ3n) is 3.38. The molecular formula is C17H13F3N4OS. The average molecular weight is 378 g/mol. The maximum atomic E-state index is 12.5. The monoisotopic (exact) mass is 378 g/mol. The van der Waals surface area contributed by atoms with E-state index in [0.717, 1.165) is 17.8 Å². The number of aromatic nitrogens is 3. The normalized spacial score (nSPS) is 11.3. The number of para-hydroxylation sites is 1. The number of anilines is 1. The minimum absolute atomic E-state index is 0.0482. The summed E-state index contributed by atoms with van der Waals surface area (Å²) in [6.45, 7) is 0. The fourth-order valence-electron chi connectivity index (χ4n) is 2.16. The van der Waals surface area contributed by atoms with Crippen LogP contribution < -0.4 is 5.32 Å². The van der Waals surface area contributed by atoms with Crippen molar-refractivity contribution in [3.63, 3.8) is 0 Å². The first-order valence-corrected chi connectivity index (χ1v) is 8.47. The molecule has 0 spiro atoms. The van der Waals surface area contributed by atoms with Crippen molar-refractivity contribution in [2.24, 2.45) is 0 Å². The molecule has 1 heterocycles. The quantitative estimate of drug-likeness (QED) is 0.682. The first-order chi connectivity index (χ1) is 12.4. The maximum absolute atomic E-state index is 12.5. The first kappa shape index (κ1) is 18.0. The average Bonchev–Trinajstić information content (AvgIpc) is 3.09. The van der Waals surface area contributed by atoms with Crippen LogP contribution in [0.25, 0.3) is 5.69 Å². The summed E-state index contributed by atoms with van der Waals surface area (Å²) in [6, 6.07) is 13.7. The summed E-state index contributed by atoms with van der Waals surface area (Å²) in [5.74, 6) is -0.301. The molecule has 26 heavy (non-hydrogen) atoms. The lowest BCUT2D eigenvalue weighted by molar-refractivity contribution is -0.137. The van der Waals surface area contributed by atoms with Gasteiger partial charge in [0.15, 0.2) is 5.16 Å². The van der Waals surface area contributed by atoms with Gasteiger partial charge in [0, 0.05) is 11.4 Å². The molecule has 0 aliphatic rings. The van der Waals surface area contributed by atoms with E-state index in [0.29, 0.717) is 10.8 Å². The van der Waals surface area contributed by atoms with Gasteiger partial charge in [-0.1, -0.05) is 30.0 Å². The lowest BCUT2D eigenvalue weighted by Gasteiger charge is -2.09. The summed E-state index contributed by atoms with van der Waals surface area (Å²) in [4.78, 5) is 12.0. The van der Waals surface area contributed by atoms with Gasteiger partial charge in [0.2, 0.25) is 5.91 Å². The summed E-state index contributed by atoms with van der Waals surface area (Å²) in [6.07, 6.45) is -2.86. The van der Waals surface area contributed by atoms with E-state index in [9.17, 15) is 18.0 Å². The lowest BCUT2D eigenvalue weighted by Crippen LogP contribution is -2.15. The predicted molar refractivity (Wildman–Crippen MR) is 92.2 cm³/mol. The van der Waals surface area contributed by atoms with Gasteiger partial charge in [0.1, 0.15) is 6.33 Å². The van der Waals surface area contributed by atoms with E-state index in [1.54, 1.807) is 10.9 Å². The summed E-state index contributed by atoms with van der Waals surface area (Å²) in [5.41, 5.74) is 0.400. The molecule has 0 radical (unpaired) electrons. The molecular weight excluding hydrogens is 365 g/mol. The molecule has 0 aliphatic heterocycles. The van der Waals surface area contributed by atoms with Crippen LogP contribution in [0.1, 0.15) is 5.56 Å². The second kappa shape index (κ2) is 7.61. The van der Waals surface area contributed by atoms with Crippen LogP contribution in [0, 0.1) is 0 Å². The number of amides is 1. The summed E-state index contributed by atoms with van der Waals surface area (Å²) in [5, 5.41) is 10.9. The van der Waals surface area contributed by atoms with Crippen LogP contribution in [0.3, 0.4) is 0 Å². The summed E-state index contributed by atoms with van der Waals surface area (Å²) < 4.78 is 39.3. The number of nitrogens with zero attached hydrogens (tertiary/aromatic N) is 3. The fourth-order valence-corrected chi connectivity index (χ4v) is 2.89. The van der Waals surface area contributed by atoms with E-state index in [1.807, 2.05) is 30.3 Å². The fraction of sp³-hybridized carbons (Fsp3) is 0.118. The van der Waals surface area contributed by atoms with Gasteiger partial charge in [0.25, 0.3) is 0 Å². The Kier molecular flexibility index (Phi) is 5.27. The molecule has 1 amide bonds. The molecule has 0 bridgehead atoms. The van der Waals surface area contributed by atoms with Crippen LogP contribution >= 0.6 is 11.8 Å². The highest BCUT2D eigenvalue weighted by Crippen LogP contribution is 2.29. The van der Waals surface area contributed by atoms with E-state index < -0.39 is 11.7 Å². The summed E-state index contributed by atoms with van der Waals surface area (Å²) >= 11 is 1.18. The van der Waals surface area contributed by atoms with Crippen molar-refractivity contribution in [1.29, 1.82) is 0 Å². The van der Waals surface area contributed by atoms with Gasteiger partial charge in [-0.3, -0.25) is 9.36 Å². The minimum Gasteiger partial charge on any atom is -0.325 e. The van der Waals surface area contributed by atoms with Crippen molar-refractivity contribution in [2.45, 2.75) is 11.3 Å². The van der Waals surface area contributed by atoms with Crippen LogP contribution in [0.15, 0.2) is 66.1 Å². The first-order valence-electron chi connectivity index (χ1n) is 7.49. The van der Waals surface area contributed by atoms with Crippen molar-refractivity contribution in [3.05, 3.63) is 66.5 Å². The van der Waals surface area contributed by atoms with Crippen LogP contribution in [0.5, 0.6) is 0 Å². The third-order valence-corrected chi connectivity index (χ3v) is 4.32. The minimum atomic E-state index is -4.40. The maximum Gasteiger partial charge on any atom is 0.416 e. The van der Waals surface area contributed by atoms with Gasteiger partial charge in [-0.15, -0.1) is 10.2 Å². The Morgan fingerprint density at radius 2 is 1.77 bits per heavy atom. The van der Waals surface area contributed by atoms with Gasteiger partial charge < -0.3 is 5.32 Å². The van der Waals surface area contributed by atoms with E-state index >= 15 is 0 Å². The second-order valence-corrected chi connectivity index (χ2v) is 6.17. The number of halogens is 3. The zero-order valence-electron chi connectivity index (χ0n) is 13.3. The number of hydrogen-bond acceptors (Lipinski definition) is 4. The standard InChI is InChI=1S/C17H13F3N4OS/c18-17(19,20)12-6-8-13(9-7-12)22-15(25)10-26-16-23-21-11-24(16)14-4-2-1-3-5-14/h1-9,11H,10H2,(H,22,25). The van der Waals surface area contributed by atoms with E-state index in [1.165, 1.54) is 23.9 Å². The zero-order chi connectivity index (χ0) is 18.6.